The molecule has 0 fully saturated rings. The molecule has 1 amide bonds. The quantitative estimate of drug-likeness (QED) is 0.818. The normalized spacial score (nSPS) is 10.8. The highest BCUT2D eigenvalue weighted by molar-refractivity contribution is 7.18. The van der Waals surface area contributed by atoms with Crippen molar-refractivity contribution in [1.82, 2.24) is 9.97 Å². The second-order valence-electron chi connectivity index (χ2n) is 4.94. The fraction of sp³-hybridized carbons (Fsp3) is 0.500. The van der Waals surface area contributed by atoms with Crippen LogP contribution in [0.3, 0.4) is 0 Å². The number of hydrogen-bond donors (Lipinski definition) is 2. The van der Waals surface area contributed by atoms with Gasteiger partial charge in [-0.1, -0.05) is 13.3 Å². The summed E-state index contributed by atoms with van der Waals surface area (Å²) >= 11 is 1.62. The number of carbonyl (C=O) groups is 1. The summed E-state index contributed by atoms with van der Waals surface area (Å²) in [5.74, 6) is 0.988. The van der Waals surface area contributed by atoms with Gasteiger partial charge in [-0.05, 0) is 19.4 Å². The number of amides is 1. The Morgan fingerprint density at radius 3 is 2.86 bits per heavy atom. The first-order valence-electron chi connectivity index (χ1n) is 7.04. The molecule has 21 heavy (non-hydrogen) atoms. The summed E-state index contributed by atoms with van der Waals surface area (Å²) in [6, 6.07) is 2.06. The molecule has 3 N–H and O–H groups in total. The molecule has 0 unspecified atom stereocenters. The number of thiophene rings is 1. The summed E-state index contributed by atoms with van der Waals surface area (Å²) in [6.45, 7) is 5.08. The Kier molecular flexibility index (Phi) is 4.95. The van der Waals surface area contributed by atoms with Crippen LogP contribution in [-0.4, -0.2) is 36.0 Å². The molecule has 6 nitrogen and oxygen atoms in total. The third-order valence-corrected chi connectivity index (χ3v) is 4.09. The summed E-state index contributed by atoms with van der Waals surface area (Å²) < 4.78 is 0. The molecule has 0 saturated carbocycles. The molecular weight excluding hydrogens is 286 g/mol. The third kappa shape index (κ3) is 3.60. The molecule has 0 aliphatic carbocycles. The number of anilines is 2. The molecule has 2 heterocycles. The van der Waals surface area contributed by atoms with Gasteiger partial charge in [-0.2, -0.15) is 4.98 Å². The zero-order valence-corrected chi connectivity index (χ0v) is 13.5. The van der Waals surface area contributed by atoms with Crippen LogP contribution in [0, 0.1) is 6.92 Å². The van der Waals surface area contributed by atoms with Gasteiger partial charge in [-0.3, -0.25) is 4.79 Å². The maximum Gasteiger partial charge on any atom is 0.236 e. The number of carbonyl (C=O) groups excluding carboxylic acids is 1. The maximum absolute atomic E-state index is 11.4. The van der Waals surface area contributed by atoms with Crippen LogP contribution < -0.4 is 16.0 Å². The Morgan fingerprint density at radius 1 is 1.48 bits per heavy atom. The third-order valence-electron chi connectivity index (χ3n) is 3.15. The van der Waals surface area contributed by atoms with Gasteiger partial charge in [0.05, 0.1) is 11.9 Å². The van der Waals surface area contributed by atoms with E-state index >= 15 is 0 Å². The summed E-state index contributed by atoms with van der Waals surface area (Å²) in [7, 11) is 1.79. The molecule has 7 heteroatoms. The largest absolute Gasteiger partial charge is 0.368 e. The first-order chi connectivity index (χ1) is 10.0. The van der Waals surface area contributed by atoms with E-state index in [0.29, 0.717) is 5.95 Å². The van der Waals surface area contributed by atoms with Gasteiger partial charge in [0.2, 0.25) is 11.9 Å². The molecule has 0 atom stereocenters. The number of nitrogens with zero attached hydrogens (tertiary/aromatic N) is 3. The van der Waals surface area contributed by atoms with Gasteiger partial charge in [0, 0.05) is 18.5 Å². The van der Waals surface area contributed by atoms with Crippen LogP contribution in [0.5, 0.6) is 0 Å². The number of unbranched alkanes of at least 4 members (excludes halogenated alkanes) is 1. The highest BCUT2D eigenvalue weighted by Gasteiger charge is 2.17. The molecule has 0 radical (unpaired) electrons. The highest BCUT2D eigenvalue weighted by atomic mass is 32.1. The standard InChI is InChI=1S/C14H21N5OS/c1-4-5-6-19(8-11(15)20)12-10-7-9(2)21-13(10)18-14(16-3)17-12/h7H,4-6,8H2,1-3H3,(H2,15,20)(H,16,17,18). The predicted octanol–water partition coefficient (Wildman–Crippen LogP) is 2.13. The second-order valence-corrected chi connectivity index (χ2v) is 6.17. The molecule has 0 aromatic carbocycles. The van der Waals surface area contributed by atoms with E-state index < -0.39 is 0 Å². The van der Waals surface area contributed by atoms with Gasteiger partial charge in [-0.25, -0.2) is 4.98 Å². The zero-order valence-electron chi connectivity index (χ0n) is 12.6. The number of aromatic nitrogens is 2. The average Bonchev–Trinajstić information content (AvgIpc) is 2.82. The fourth-order valence-electron chi connectivity index (χ4n) is 2.18. The van der Waals surface area contributed by atoms with E-state index in [0.717, 1.165) is 35.4 Å². The van der Waals surface area contributed by atoms with E-state index in [1.807, 2.05) is 11.8 Å². The van der Waals surface area contributed by atoms with Gasteiger partial charge >= 0.3 is 0 Å². The lowest BCUT2D eigenvalue weighted by Crippen LogP contribution is -2.35. The number of nitrogens with one attached hydrogen (secondary N) is 1. The topological polar surface area (TPSA) is 84.1 Å². The van der Waals surface area contributed by atoms with E-state index in [2.05, 4.69) is 28.3 Å². The van der Waals surface area contributed by atoms with Crippen molar-refractivity contribution in [3.63, 3.8) is 0 Å². The second kappa shape index (κ2) is 6.71. The van der Waals surface area contributed by atoms with Crippen LogP contribution in [-0.2, 0) is 4.79 Å². The zero-order chi connectivity index (χ0) is 15.4. The number of aryl methyl sites for hydroxylation is 1. The molecule has 114 valence electrons. The summed E-state index contributed by atoms with van der Waals surface area (Å²) in [4.78, 5) is 24.4. The lowest BCUT2D eigenvalue weighted by atomic mass is 10.2. The monoisotopic (exact) mass is 307 g/mol. The van der Waals surface area contributed by atoms with E-state index in [1.54, 1.807) is 18.4 Å². The first kappa shape index (κ1) is 15.5. The van der Waals surface area contributed by atoms with Crippen LogP contribution >= 0.6 is 11.3 Å². The minimum atomic E-state index is -0.351. The van der Waals surface area contributed by atoms with Gasteiger partial charge in [0.15, 0.2) is 0 Å². The number of hydrogen-bond acceptors (Lipinski definition) is 6. The molecule has 0 aliphatic rings. The van der Waals surface area contributed by atoms with Gasteiger partial charge in [0.1, 0.15) is 10.6 Å². The Hall–Kier alpha value is -1.89. The van der Waals surface area contributed by atoms with Crippen molar-refractivity contribution in [2.24, 2.45) is 5.73 Å². The van der Waals surface area contributed by atoms with Crippen LogP contribution in [0.15, 0.2) is 6.07 Å². The Bertz CT molecular complexity index is 640. The molecule has 0 aliphatic heterocycles. The Balaban J connectivity index is 2.50. The number of nitrogens with two attached hydrogens (primary N) is 1. The smallest absolute Gasteiger partial charge is 0.236 e. The van der Waals surface area contributed by atoms with Crippen LogP contribution in [0.1, 0.15) is 24.6 Å². The summed E-state index contributed by atoms with van der Waals surface area (Å²) in [6.07, 6.45) is 2.03. The first-order valence-corrected chi connectivity index (χ1v) is 7.86. The molecule has 2 aromatic rings. The van der Waals surface area contributed by atoms with Crippen molar-refractivity contribution in [2.45, 2.75) is 26.7 Å². The SMILES string of the molecule is CCCCN(CC(N)=O)c1nc(NC)nc2sc(C)cc12. The summed E-state index contributed by atoms with van der Waals surface area (Å²) in [5.41, 5.74) is 5.39. The van der Waals surface area contributed by atoms with E-state index in [-0.39, 0.29) is 12.5 Å². The Labute approximate surface area is 128 Å². The van der Waals surface area contributed by atoms with Crippen molar-refractivity contribution in [3.8, 4) is 0 Å². The van der Waals surface area contributed by atoms with Crippen LogP contribution in [0.4, 0.5) is 11.8 Å². The summed E-state index contributed by atoms with van der Waals surface area (Å²) in [5, 5.41) is 3.96. The van der Waals surface area contributed by atoms with Crippen molar-refractivity contribution >= 4 is 39.2 Å². The number of fused-ring (bicyclic) bond motifs is 1. The van der Waals surface area contributed by atoms with Gasteiger partial charge in [-0.15, -0.1) is 11.3 Å². The Morgan fingerprint density at radius 2 is 2.24 bits per heavy atom. The molecule has 2 aromatic heterocycles. The fourth-order valence-corrected chi connectivity index (χ4v) is 3.05. The lowest BCUT2D eigenvalue weighted by molar-refractivity contribution is -0.116. The highest BCUT2D eigenvalue weighted by Crippen LogP contribution is 2.31. The average molecular weight is 307 g/mol. The van der Waals surface area contributed by atoms with Crippen molar-refractivity contribution < 1.29 is 4.79 Å². The molecule has 2 rings (SSSR count). The molecule has 0 spiro atoms. The minimum Gasteiger partial charge on any atom is -0.368 e. The molecule has 0 bridgehead atoms. The maximum atomic E-state index is 11.4. The van der Waals surface area contributed by atoms with Crippen molar-refractivity contribution in [3.05, 3.63) is 10.9 Å². The number of rotatable bonds is 7. The van der Waals surface area contributed by atoms with Crippen molar-refractivity contribution in [2.75, 3.05) is 30.4 Å². The van der Waals surface area contributed by atoms with E-state index in [4.69, 9.17) is 5.73 Å². The lowest BCUT2D eigenvalue weighted by Gasteiger charge is -2.23. The number of primary amides is 1. The van der Waals surface area contributed by atoms with E-state index in [9.17, 15) is 4.79 Å². The van der Waals surface area contributed by atoms with Crippen LogP contribution in [0.25, 0.3) is 10.2 Å². The van der Waals surface area contributed by atoms with Gasteiger partial charge < -0.3 is 16.0 Å². The van der Waals surface area contributed by atoms with Crippen LogP contribution in [0.2, 0.25) is 0 Å². The predicted molar refractivity (Wildman–Crippen MR) is 88.0 cm³/mol. The molecule has 0 saturated heterocycles. The van der Waals surface area contributed by atoms with Gasteiger partial charge in [0.25, 0.3) is 0 Å². The van der Waals surface area contributed by atoms with E-state index in [1.165, 1.54) is 4.88 Å². The van der Waals surface area contributed by atoms with Crippen molar-refractivity contribution in [1.29, 1.82) is 0 Å². The molecular formula is C14H21N5OS. The minimum absolute atomic E-state index is 0.171.